The fourth-order valence-corrected chi connectivity index (χ4v) is 0.546. The van der Waals surface area contributed by atoms with Crippen molar-refractivity contribution in [3.05, 3.63) is 0 Å². The SMILES string of the molecule is CC(C)[C@H](N=C=O)C(=O)O.C[C@H](N)C(=O)O. The summed E-state index contributed by atoms with van der Waals surface area (Å²) in [6.07, 6.45) is 1.22. The molecule has 0 saturated heterocycles. The lowest BCUT2D eigenvalue weighted by molar-refractivity contribution is -0.139. The van der Waals surface area contributed by atoms with E-state index >= 15 is 0 Å². The number of hydrogen-bond acceptors (Lipinski definition) is 5. The molecule has 0 unspecified atom stereocenters. The molecule has 0 aromatic carbocycles. The molecule has 0 aliphatic rings. The number of nitrogens with two attached hydrogens (primary N) is 1. The number of rotatable bonds is 4. The Balaban J connectivity index is 0. The molecule has 92 valence electrons. The number of nitrogens with zero attached hydrogens (tertiary/aromatic N) is 1. The maximum absolute atomic E-state index is 10.3. The largest absolute Gasteiger partial charge is 0.480 e. The van der Waals surface area contributed by atoms with Crippen LogP contribution in [0.5, 0.6) is 0 Å². The van der Waals surface area contributed by atoms with Crippen molar-refractivity contribution >= 4 is 18.0 Å². The fourth-order valence-electron chi connectivity index (χ4n) is 0.546. The average molecular weight is 232 g/mol. The van der Waals surface area contributed by atoms with Gasteiger partial charge in [-0.05, 0) is 12.8 Å². The minimum absolute atomic E-state index is 0.168. The molecule has 0 aliphatic heterocycles. The Bertz CT molecular complexity index is 280. The molecule has 7 heteroatoms. The zero-order valence-corrected chi connectivity index (χ0v) is 9.38. The molecule has 0 saturated carbocycles. The highest BCUT2D eigenvalue weighted by Crippen LogP contribution is 2.04. The van der Waals surface area contributed by atoms with Crippen LogP contribution in [0.2, 0.25) is 0 Å². The first kappa shape index (κ1) is 16.7. The molecule has 0 spiro atoms. The van der Waals surface area contributed by atoms with Gasteiger partial charge in [0.2, 0.25) is 6.08 Å². The Kier molecular flexibility index (Phi) is 8.95. The Labute approximate surface area is 93.0 Å². The van der Waals surface area contributed by atoms with E-state index in [0.29, 0.717) is 0 Å². The zero-order valence-electron chi connectivity index (χ0n) is 9.38. The number of aliphatic imine (C=N–C) groups is 1. The van der Waals surface area contributed by atoms with E-state index in [2.05, 4.69) is 4.99 Å². The van der Waals surface area contributed by atoms with Crippen molar-refractivity contribution in [1.82, 2.24) is 0 Å². The van der Waals surface area contributed by atoms with Crippen LogP contribution in [-0.4, -0.2) is 40.3 Å². The highest BCUT2D eigenvalue weighted by molar-refractivity contribution is 5.75. The fraction of sp³-hybridized carbons (Fsp3) is 0.667. The summed E-state index contributed by atoms with van der Waals surface area (Å²) in [6, 6.07) is -1.68. The van der Waals surface area contributed by atoms with Crippen molar-refractivity contribution in [3.8, 4) is 0 Å². The predicted molar refractivity (Wildman–Crippen MR) is 55.7 cm³/mol. The van der Waals surface area contributed by atoms with E-state index in [1.54, 1.807) is 13.8 Å². The second-order valence-corrected chi connectivity index (χ2v) is 3.37. The Morgan fingerprint density at radius 3 is 1.62 bits per heavy atom. The third-order valence-corrected chi connectivity index (χ3v) is 1.47. The maximum Gasteiger partial charge on any atom is 0.329 e. The number of carboxylic acid groups (broad SMARTS) is 2. The molecule has 0 bridgehead atoms. The summed E-state index contributed by atoms with van der Waals surface area (Å²) in [4.78, 5) is 32.6. The number of carbonyl (C=O) groups is 2. The molecule has 16 heavy (non-hydrogen) atoms. The molecule has 0 radical (unpaired) electrons. The molecule has 2 atom stereocenters. The van der Waals surface area contributed by atoms with Crippen LogP contribution >= 0.6 is 0 Å². The molecular weight excluding hydrogens is 216 g/mol. The van der Waals surface area contributed by atoms with Crippen molar-refractivity contribution in [1.29, 1.82) is 0 Å². The van der Waals surface area contributed by atoms with Crippen LogP contribution in [0.1, 0.15) is 20.8 Å². The Morgan fingerprint density at radius 1 is 1.19 bits per heavy atom. The number of aliphatic carboxylic acids is 2. The number of carbonyl (C=O) groups excluding carboxylic acids is 1. The van der Waals surface area contributed by atoms with Gasteiger partial charge in [0.25, 0.3) is 0 Å². The summed E-state index contributed by atoms with van der Waals surface area (Å²) in [5.41, 5.74) is 4.84. The summed E-state index contributed by atoms with van der Waals surface area (Å²) in [6.45, 7) is 4.78. The molecule has 0 aromatic heterocycles. The van der Waals surface area contributed by atoms with Gasteiger partial charge in [0.1, 0.15) is 6.04 Å². The Hall–Kier alpha value is -1.72. The first-order valence-corrected chi connectivity index (χ1v) is 4.52. The summed E-state index contributed by atoms with van der Waals surface area (Å²) in [5, 5.41) is 16.3. The number of hydrogen-bond donors (Lipinski definition) is 3. The van der Waals surface area contributed by atoms with Gasteiger partial charge in [0.05, 0.1) is 0 Å². The van der Waals surface area contributed by atoms with Crippen LogP contribution in [0.25, 0.3) is 0 Å². The topological polar surface area (TPSA) is 130 Å². The van der Waals surface area contributed by atoms with Crippen molar-refractivity contribution in [2.75, 3.05) is 0 Å². The number of carboxylic acids is 2. The molecule has 4 N–H and O–H groups in total. The minimum atomic E-state index is -1.08. The van der Waals surface area contributed by atoms with E-state index < -0.39 is 24.0 Å². The molecule has 0 heterocycles. The van der Waals surface area contributed by atoms with Crippen LogP contribution in [0.3, 0.4) is 0 Å². The first-order chi connectivity index (χ1) is 7.23. The van der Waals surface area contributed by atoms with Crippen LogP contribution in [-0.2, 0) is 14.4 Å². The van der Waals surface area contributed by atoms with Gasteiger partial charge in [-0.3, -0.25) is 4.79 Å². The van der Waals surface area contributed by atoms with Crippen molar-refractivity contribution in [3.63, 3.8) is 0 Å². The molecule has 0 rings (SSSR count). The van der Waals surface area contributed by atoms with E-state index in [1.165, 1.54) is 13.0 Å². The van der Waals surface area contributed by atoms with Crippen LogP contribution in [0.15, 0.2) is 4.99 Å². The summed E-state index contributed by atoms with van der Waals surface area (Å²) < 4.78 is 0. The molecular formula is C9H16N2O5. The normalized spacial score (nSPS) is 12.8. The molecule has 0 amide bonds. The molecule has 0 aliphatic carbocycles. The molecule has 7 nitrogen and oxygen atoms in total. The Morgan fingerprint density at radius 2 is 1.56 bits per heavy atom. The van der Waals surface area contributed by atoms with E-state index in [4.69, 9.17) is 15.9 Å². The van der Waals surface area contributed by atoms with Gasteiger partial charge in [-0.1, -0.05) is 13.8 Å². The number of isocyanates is 1. The van der Waals surface area contributed by atoms with E-state index in [0.717, 1.165) is 0 Å². The third kappa shape index (κ3) is 8.86. The van der Waals surface area contributed by atoms with Crippen LogP contribution in [0, 0.1) is 5.92 Å². The van der Waals surface area contributed by atoms with Gasteiger partial charge in [0.15, 0.2) is 6.04 Å². The minimum Gasteiger partial charge on any atom is -0.480 e. The quantitative estimate of drug-likeness (QED) is 0.456. The predicted octanol–water partition coefficient (Wildman–Crippen LogP) is -0.150. The van der Waals surface area contributed by atoms with Gasteiger partial charge in [-0.25, -0.2) is 9.59 Å². The highest BCUT2D eigenvalue weighted by atomic mass is 16.4. The lowest BCUT2D eigenvalue weighted by Gasteiger charge is -2.07. The third-order valence-electron chi connectivity index (χ3n) is 1.47. The lowest BCUT2D eigenvalue weighted by Crippen LogP contribution is -2.25. The van der Waals surface area contributed by atoms with Gasteiger partial charge in [-0.2, -0.15) is 4.99 Å². The van der Waals surface area contributed by atoms with E-state index in [9.17, 15) is 14.4 Å². The smallest absolute Gasteiger partial charge is 0.329 e. The highest BCUT2D eigenvalue weighted by Gasteiger charge is 2.19. The lowest BCUT2D eigenvalue weighted by atomic mass is 10.1. The molecule has 0 fully saturated rings. The average Bonchev–Trinajstić information content (AvgIpc) is 2.13. The van der Waals surface area contributed by atoms with Gasteiger partial charge >= 0.3 is 11.9 Å². The first-order valence-electron chi connectivity index (χ1n) is 4.52. The van der Waals surface area contributed by atoms with E-state index in [-0.39, 0.29) is 5.92 Å². The van der Waals surface area contributed by atoms with E-state index in [1.807, 2.05) is 0 Å². The summed E-state index contributed by atoms with van der Waals surface area (Å²) in [5.74, 6) is -2.22. The standard InChI is InChI=1S/C6H9NO3.C3H7NO2/c1-4(2)5(6(9)10)7-3-8;1-2(4)3(5)6/h4-5H,1-2H3,(H,9,10);2H,4H2,1H3,(H,5,6)/t5-;2-/m00/s1. The maximum atomic E-state index is 10.3. The van der Waals surface area contributed by atoms with Gasteiger partial charge in [0, 0.05) is 0 Å². The van der Waals surface area contributed by atoms with Gasteiger partial charge in [-0.15, -0.1) is 0 Å². The van der Waals surface area contributed by atoms with Crippen molar-refractivity contribution < 1.29 is 24.6 Å². The van der Waals surface area contributed by atoms with Crippen molar-refractivity contribution in [2.24, 2.45) is 16.6 Å². The monoisotopic (exact) mass is 232 g/mol. The van der Waals surface area contributed by atoms with Crippen LogP contribution in [0.4, 0.5) is 0 Å². The van der Waals surface area contributed by atoms with Crippen molar-refractivity contribution in [2.45, 2.75) is 32.9 Å². The van der Waals surface area contributed by atoms with Crippen LogP contribution < -0.4 is 5.73 Å². The second kappa shape index (κ2) is 8.58. The summed E-state index contributed by atoms with van der Waals surface area (Å²) >= 11 is 0. The zero-order chi connectivity index (χ0) is 13.3. The summed E-state index contributed by atoms with van der Waals surface area (Å²) in [7, 11) is 0. The second-order valence-electron chi connectivity index (χ2n) is 3.37. The molecule has 0 aromatic rings. The van der Waals surface area contributed by atoms with Gasteiger partial charge < -0.3 is 15.9 Å².